The first-order valence-corrected chi connectivity index (χ1v) is 14.7. The number of hydrogen-bond acceptors (Lipinski definition) is 8. The average Bonchev–Trinajstić information content (AvgIpc) is 3.56. The molecule has 236 valence electrons. The molecule has 10 nitrogen and oxygen atoms in total. The Morgan fingerprint density at radius 3 is 2.41 bits per heavy atom. The van der Waals surface area contributed by atoms with Gasteiger partial charge in [-0.05, 0) is 29.0 Å². The quantitative estimate of drug-likeness (QED) is 0.227. The Morgan fingerprint density at radius 1 is 1.09 bits per heavy atom. The smallest absolute Gasteiger partial charge is 0.422 e. The van der Waals surface area contributed by atoms with Crippen LogP contribution in [0.5, 0.6) is 0 Å². The molecule has 1 amide bonds. The highest BCUT2D eigenvalue weighted by molar-refractivity contribution is 7.17. The van der Waals surface area contributed by atoms with Gasteiger partial charge in [-0.25, -0.2) is 13.6 Å². The van der Waals surface area contributed by atoms with Gasteiger partial charge in [0.05, 0.1) is 17.5 Å². The summed E-state index contributed by atoms with van der Waals surface area (Å²) in [5, 5.41) is 2.84. The summed E-state index contributed by atoms with van der Waals surface area (Å²) in [6, 6.07) is 0.189. The number of carbonyl (C=O) groups is 2. The molecule has 4 rings (SSSR count). The number of nitrogens with two attached hydrogens (primary N) is 1. The molecule has 1 aromatic carbocycles. The number of aromatic nitrogens is 3. The molecule has 4 aromatic rings. The minimum absolute atomic E-state index is 0.143. The van der Waals surface area contributed by atoms with Crippen molar-refractivity contribution in [2.75, 3.05) is 0 Å². The number of hydrogen-bond donors (Lipinski definition) is 1. The van der Waals surface area contributed by atoms with Gasteiger partial charge in [0.1, 0.15) is 28.1 Å². The third-order valence-electron chi connectivity index (χ3n) is 7.12. The van der Waals surface area contributed by atoms with E-state index in [1.54, 1.807) is 13.8 Å². The van der Waals surface area contributed by atoms with E-state index in [2.05, 4.69) is 4.99 Å². The molecule has 0 unspecified atom stereocenters. The molecule has 3 heterocycles. The van der Waals surface area contributed by atoms with E-state index in [0.29, 0.717) is 17.3 Å². The number of amides is 1. The highest BCUT2D eigenvalue weighted by Gasteiger charge is 2.39. The maximum Gasteiger partial charge on any atom is 0.422 e. The van der Waals surface area contributed by atoms with Gasteiger partial charge in [-0.15, -0.1) is 22.7 Å². The fraction of sp³-hybridized carbons (Fsp3) is 0.370. The summed E-state index contributed by atoms with van der Waals surface area (Å²) >= 11 is 1.80. The number of thiazole rings is 1. The van der Waals surface area contributed by atoms with Crippen LogP contribution in [0.1, 0.15) is 31.4 Å². The Hall–Kier alpha value is -3.96. The third kappa shape index (κ3) is 6.16. The van der Waals surface area contributed by atoms with Crippen molar-refractivity contribution in [2.45, 2.75) is 45.6 Å². The zero-order valence-electron chi connectivity index (χ0n) is 23.7. The minimum Gasteiger partial charge on any atom is -0.443 e. The topological polar surface area (TPSA) is 131 Å². The predicted octanol–water partition coefficient (Wildman–Crippen LogP) is 3.67. The molecule has 0 saturated carbocycles. The number of nitrogens with zero attached hydrogens (tertiary/aromatic N) is 4. The van der Waals surface area contributed by atoms with Gasteiger partial charge >= 0.3 is 17.8 Å². The Kier molecular flexibility index (Phi) is 9.41. The lowest BCUT2D eigenvalue weighted by Gasteiger charge is -2.18. The van der Waals surface area contributed by atoms with Crippen LogP contribution in [-0.4, -0.2) is 31.6 Å². The van der Waals surface area contributed by atoms with Crippen LogP contribution in [0.2, 0.25) is 0 Å². The van der Waals surface area contributed by atoms with Gasteiger partial charge in [-0.2, -0.15) is 18.2 Å². The number of benzene rings is 1. The van der Waals surface area contributed by atoms with Crippen molar-refractivity contribution in [3.8, 4) is 11.3 Å². The molecule has 44 heavy (non-hydrogen) atoms. The zero-order chi connectivity index (χ0) is 32.7. The Morgan fingerprint density at radius 2 is 1.77 bits per heavy atom. The van der Waals surface area contributed by atoms with Gasteiger partial charge in [0.15, 0.2) is 11.5 Å². The van der Waals surface area contributed by atoms with Gasteiger partial charge in [0.25, 0.3) is 11.5 Å². The van der Waals surface area contributed by atoms with Crippen molar-refractivity contribution < 1.29 is 36.3 Å². The van der Waals surface area contributed by atoms with Crippen molar-refractivity contribution in [1.29, 1.82) is 0 Å². The molecule has 2 N–H and O–H groups in total. The minimum atomic E-state index is -5.35. The zero-order valence-corrected chi connectivity index (χ0v) is 25.3. The highest BCUT2D eigenvalue weighted by atomic mass is 32.1. The summed E-state index contributed by atoms with van der Waals surface area (Å²) in [5.74, 6) is -5.67. The lowest BCUT2D eigenvalue weighted by molar-refractivity contribution is -0.150. The van der Waals surface area contributed by atoms with Crippen molar-refractivity contribution in [3.05, 3.63) is 71.3 Å². The number of alkyl halides is 3. The maximum absolute atomic E-state index is 15.1. The lowest BCUT2D eigenvalue weighted by Crippen LogP contribution is -2.38. The predicted molar refractivity (Wildman–Crippen MR) is 153 cm³/mol. The molecular weight excluding hydrogens is 633 g/mol. The molecule has 0 aliphatic heterocycles. The van der Waals surface area contributed by atoms with E-state index in [4.69, 9.17) is 10.5 Å². The molecule has 0 aliphatic rings. The Balaban J connectivity index is 1.80. The largest absolute Gasteiger partial charge is 0.443 e. The molecule has 0 saturated heterocycles. The van der Waals surface area contributed by atoms with Gasteiger partial charge in [0.2, 0.25) is 0 Å². The van der Waals surface area contributed by atoms with Crippen molar-refractivity contribution in [2.24, 2.45) is 30.7 Å². The van der Waals surface area contributed by atoms with Crippen LogP contribution in [0.15, 0.2) is 37.5 Å². The van der Waals surface area contributed by atoms with Crippen LogP contribution in [0.4, 0.5) is 22.0 Å². The van der Waals surface area contributed by atoms with Crippen LogP contribution in [-0.2, 0) is 47.7 Å². The molecule has 0 aliphatic carbocycles. The third-order valence-corrected chi connectivity index (χ3v) is 9.09. The monoisotopic (exact) mass is 659 g/mol. The van der Waals surface area contributed by atoms with Crippen LogP contribution in [0.25, 0.3) is 21.5 Å². The number of carbonyl (C=O) groups excluding carboxylic acids is 2. The van der Waals surface area contributed by atoms with E-state index in [9.17, 15) is 36.7 Å². The summed E-state index contributed by atoms with van der Waals surface area (Å²) < 4.78 is 77.9. The number of rotatable bonds is 8. The van der Waals surface area contributed by atoms with E-state index in [-0.39, 0.29) is 27.4 Å². The Bertz CT molecular complexity index is 1950. The first-order valence-electron chi connectivity index (χ1n) is 13.0. The molecule has 2 atom stereocenters. The molecule has 0 fully saturated rings. The van der Waals surface area contributed by atoms with Gasteiger partial charge in [-0.3, -0.25) is 28.1 Å². The maximum atomic E-state index is 15.1. The lowest BCUT2D eigenvalue weighted by atomic mass is 10.0. The summed E-state index contributed by atoms with van der Waals surface area (Å²) in [6.07, 6.45) is -5.21. The number of esters is 1. The molecular formula is C27H26F5N5O5S2. The van der Waals surface area contributed by atoms with Crippen LogP contribution >= 0.6 is 22.7 Å². The summed E-state index contributed by atoms with van der Waals surface area (Å²) in [6.45, 7) is 2.80. The van der Waals surface area contributed by atoms with Crippen molar-refractivity contribution in [3.63, 3.8) is 0 Å². The number of thiophene rings is 1. The fourth-order valence-electron chi connectivity index (χ4n) is 4.34. The number of aryl methyl sites for hydroxylation is 1. The van der Waals surface area contributed by atoms with E-state index >= 15 is 4.39 Å². The van der Waals surface area contributed by atoms with E-state index in [1.807, 2.05) is 0 Å². The summed E-state index contributed by atoms with van der Waals surface area (Å²) in [7, 11) is 2.76. The second-order valence-corrected chi connectivity index (χ2v) is 11.6. The summed E-state index contributed by atoms with van der Waals surface area (Å²) in [5.41, 5.74) is 1.96. The van der Waals surface area contributed by atoms with Crippen LogP contribution in [0, 0.1) is 17.6 Å². The average molecular weight is 660 g/mol. The van der Waals surface area contributed by atoms with Crippen LogP contribution in [0.3, 0.4) is 0 Å². The molecule has 0 radical (unpaired) electrons. The highest BCUT2D eigenvalue weighted by Crippen LogP contribution is 2.37. The standard InChI is InChI=1S/C27H26F5N5O5S2/c1-5-12(2)21(33)24(40)42-11-37-16(14-6-7-15(28)19(20(14)29)27(30,31)32)10-44-25(37)34-17(38)8-13-9-43-23-18(13)22(39)35(3)26(41)36(23)4/h6-7,9-10,12,21H,5,8,11,33H2,1-4H3/t12-,21-/m0/s1. The van der Waals surface area contributed by atoms with E-state index in [1.165, 1.54) is 29.4 Å². The van der Waals surface area contributed by atoms with Gasteiger partial charge < -0.3 is 10.5 Å². The van der Waals surface area contributed by atoms with E-state index < -0.39 is 71.3 Å². The normalized spacial score (nSPS) is 13.8. The van der Waals surface area contributed by atoms with Gasteiger partial charge in [-0.1, -0.05) is 20.3 Å². The molecule has 17 heteroatoms. The number of halogens is 5. The van der Waals surface area contributed by atoms with E-state index in [0.717, 1.165) is 37.9 Å². The van der Waals surface area contributed by atoms with Crippen molar-refractivity contribution in [1.82, 2.24) is 13.7 Å². The first-order chi connectivity index (χ1) is 20.6. The molecule has 3 aromatic heterocycles. The molecule has 0 bridgehead atoms. The first kappa shape index (κ1) is 32.9. The van der Waals surface area contributed by atoms with Gasteiger partial charge in [0, 0.05) is 25.0 Å². The van der Waals surface area contributed by atoms with Crippen LogP contribution < -0.4 is 21.8 Å². The second kappa shape index (κ2) is 12.6. The SMILES string of the molecule is CC[C@H](C)[C@H](N)C(=O)OCn1c(-c2ccc(F)c(C(F)(F)F)c2F)csc1=NC(=O)Cc1csc2c1c(=O)n(C)c(=O)n2C. The Labute approximate surface area is 253 Å². The van der Waals surface area contributed by atoms with Crippen molar-refractivity contribution >= 4 is 44.8 Å². The summed E-state index contributed by atoms with van der Waals surface area (Å²) in [4.78, 5) is 54.9. The second-order valence-electron chi connectivity index (χ2n) is 9.95. The molecule has 0 spiro atoms. The fourth-order valence-corrected chi connectivity index (χ4v) is 6.27. The number of ether oxygens (including phenoxy) is 1. The number of fused-ring (bicyclic) bond motifs is 1.